The fraction of sp³-hybridized carbons (Fsp3) is 0.808. The SMILES string of the molecule is CCCCCCCCCCCCCCc1cc(C)cc(C)[n+]1CCCNCCCCNCCC[n+]1c(C)cc(C)cc1CCCCCCCCCCCCCC.F[P-](F)(F)(F)(F)F.F[P-](F)(F)(F)(F)F. The molecule has 0 spiro atoms. The summed E-state index contributed by atoms with van der Waals surface area (Å²) in [7, 11) is -21.3. The van der Waals surface area contributed by atoms with Gasteiger partial charge in [0, 0.05) is 76.9 Å². The van der Waals surface area contributed by atoms with Gasteiger partial charge >= 0.3 is 66.0 Å². The van der Waals surface area contributed by atoms with Crippen LogP contribution >= 0.6 is 15.6 Å². The minimum absolute atomic E-state index is 1.11. The molecule has 0 atom stereocenters. The van der Waals surface area contributed by atoms with Crippen molar-refractivity contribution in [3.63, 3.8) is 0 Å². The molecule has 0 unspecified atom stereocenters. The molecule has 0 aliphatic carbocycles. The molecule has 418 valence electrons. The number of hydrogen-bond acceptors (Lipinski definition) is 2. The summed E-state index contributed by atoms with van der Waals surface area (Å²) in [6.07, 6.45) is 41.4. The van der Waals surface area contributed by atoms with Gasteiger partial charge in [-0.05, 0) is 63.7 Å². The molecule has 2 aromatic heterocycles. The van der Waals surface area contributed by atoms with Gasteiger partial charge in [-0.1, -0.05) is 155 Å². The fourth-order valence-corrected chi connectivity index (χ4v) is 8.86. The van der Waals surface area contributed by atoms with Crippen molar-refractivity contribution in [1.82, 2.24) is 10.6 Å². The predicted octanol–water partition coefficient (Wildman–Crippen LogP) is 20.2. The van der Waals surface area contributed by atoms with Crippen molar-refractivity contribution in [2.45, 2.75) is 247 Å². The van der Waals surface area contributed by atoms with Crippen LogP contribution in [0, 0.1) is 27.7 Å². The first-order valence-corrected chi connectivity index (χ1v) is 31.0. The summed E-state index contributed by atoms with van der Waals surface area (Å²) in [5, 5.41) is 7.48. The van der Waals surface area contributed by atoms with Crippen LogP contribution in [-0.2, 0) is 25.9 Å². The first kappa shape index (κ1) is 68.2. The zero-order chi connectivity index (χ0) is 53.1. The Morgan fingerprint density at radius 3 is 0.814 bits per heavy atom. The molecule has 2 rings (SSSR count). The number of hydrogen-bond donors (Lipinski definition) is 2. The Balaban J connectivity index is 0.00000294. The summed E-state index contributed by atoms with van der Waals surface area (Å²) in [6.45, 7) is 20.5. The molecule has 0 amide bonds. The van der Waals surface area contributed by atoms with Crippen LogP contribution in [0.25, 0.3) is 0 Å². The van der Waals surface area contributed by atoms with Crippen molar-refractivity contribution in [1.29, 1.82) is 0 Å². The molecule has 0 aliphatic heterocycles. The first-order chi connectivity index (χ1) is 32.4. The van der Waals surface area contributed by atoms with Crippen molar-refractivity contribution in [2.24, 2.45) is 0 Å². The van der Waals surface area contributed by atoms with Crippen molar-refractivity contribution in [2.75, 3.05) is 26.2 Å². The summed E-state index contributed by atoms with van der Waals surface area (Å²) < 4.78 is 124. The fourth-order valence-electron chi connectivity index (χ4n) is 8.86. The van der Waals surface area contributed by atoms with E-state index in [-0.39, 0.29) is 0 Å². The topological polar surface area (TPSA) is 31.8 Å². The van der Waals surface area contributed by atoms with Gasteiger partial charge in [-0.3, -0.25) is 0 Å². The molecular formula is C52H96F12N4P2. The number of pyridine rings is 2. The summed E-state index contributed by atoms with van der Waals surface area (Å²) in [6, 6.07) is 9.64. The van der Waals surface area contributed by atoms with Gasteiger partial charge in [0.2, 0.25) is 0 Å². The second-order valence-corrected chi connectivity index (χ2v) is 23.6. The molecule has 0 saturated carbocycles. The Bertz CT molecular complexity index is 1520. The van der Waals surface area contributed by atoms with E-state index in [9.17, 15) is 50.4 Å². The van der Waals surface area contributed by atoms with Gasteiger partial charge in [0.1, 0.15) is 13.1 Å². The van der Waals surface area contributed by atoms with Crippen molar-refractivity contribution < 1.29 is 59.5 Å². The first-order valence-electron chi connectivity index (χ1n) is 26.9. The molecule has 70 heavy (non-hydrogen) atoms. The maximum absolute atomic E-state index is 10.7. The third-order valence-electron chi connectivity index (χ3n) is 12.2. The molecule has 18 heteroatoms. The second kappa shape index (κ2) is 33.2. The van der Waals surface area contributed by atoms with Crippen LogP contribution in [0.15, 0.2) is 24.3 Å². The Morgan fingerprint density at radius 1 is 0.329 bits per heavy atom. The monoisotopic (exact) mass is 1070 g/mol. The molecule has 0 aliphatic rings. The van der Waals surface area contributed by atoms with Crippen LogP contribution < -0.4 is 19.8 Å². The Kier molecular flexibility index (Phi) is 32.4. The number of aryl methyl sites for hydroxylation is 6. The Morgan fingerprint density at radius 2 is 0.557 bits per heavy atom. The van der Waals surface area contributed by atoms with E-state index in [2.05, 4.69) is 85.6 Å². The van der Waals surface area contributed by atoms with Crippen molar-refractivity contribution in [3.8, 4) is 0 Å². The van der Waals surface area contributed by atoms with Gasteiger partial charge in [0.25, 0.3) is 0 Å². The molecular weight excluding hydrogens is 971 g/mol. The molecule has 0 aromatic carbocycles. The zero-order valence-electron chi connectivity index (χ0n) is 44.1. The van der Waals surface area contributed by atoms with E-state index in [0.717, 1.165) is 39.3 Å². The van der Waals surface area contributed by atoms with Gasteiger partial charge < -0.3 is 10.6 Å². The molecule has 2 N–H and O–H groups in total. The van der Waals surface area contributed by atoms with Gasteiger partial charge in [0.05, 0.1) is 0 Å². The van der Waals surface area contributed by atoms with E-state index in [4.69, 9.17) is 0 Å². The second-order valence-electron chi connectivity index (χ2n) is 19.7. The van der Waals surface area contributed by atoms with Crippen molar-refractivity contribution >= 4 is 15.6 Å². The van der Waals surface area contributed by atoms with Gasteiger partial charge in [0.15, 0.2) is 22.8 Å². The molecule has 0 radical (unpaired) electrons. The Labute approximate surface area is 416 Å². The molecule has 2 aromatic rings. The molecule has 0 bridgehead atoms. The standard InChI is InChI=1S/C52H96N4.2F6P/c1-7-9-11-13-15-17-19-21-23-25-27-29-35-51-45-47(3)43-49(5)55(51)41-33-39-53-37-31-32-38-54-40-34-42-56-50(6)44-48(4)46-52(56)36-30-28-26-24-22-20-18-16-14-12-10-8-2;2*1-7(2,3,4,5)6/h43-46,53-54H,7-42H2,1-6H3;;/q+2;2*-1. The van der Waals surface area contributed by atoms with E-state index in [1.807, 2.05) is 0 Å². The number of aromatic nitrogens is 2. The molecule has 0 saturated heterocycles. The quantitative estimate of drug-likeness (QED) is 0.0303. The number of nitrogens with one attached hydrogen (secondary N) is 2. The number of unbranched alkanes of at least 4 members (excludes halogenated alkanes) is 23. The maximum atomic E-state index is 9.87. The normalized spacial score (nSPS) is 13.9. The van der Waals surface area contributed by atoms with Crippen molar-refractivity contribution in [3.05, 3.63) is 58.2 Å². The van der Waals surface area contributed by atoms with Crippen LogP contribution in [0.5, 0.6) is 0 Å². The number of nitrogens with zero attached hydrogens (tertiary/aromatic N) is 2. The third-order valence-corrected chi connectivity index (χ3v) is 12.2. The zero-order valence-corrected chi connectivity index (χ0v) is 45.9. The molecule has 2 heterocycles. The van der Waals surface area contributed by atoms with Crippen LogP contribution in [0.4, 0.5) is 50.4 Å². The van der Waals surface area contributed by atoms with Gasteiger partial charge in [-0.15, -0.1) is 0 Å². The van der Waals surface area contributed by atoms with E-state index >= 15 is 0 Å². The number of halogens is 12. The summed E-state index contributed by atoms with van der Waals surface area (Å²) >= 11 is 0. The van der Waals surface area contributed by atoms with Crippen LogP contribution in [0.2, 0.25) is 0 Å². The van der Waals surface area contributed by atoms with E-state index < -0.39 is 15.6 Å². The van der Waals surface area contributed by atoms with Crippen LogP contribution in [0.3, 0.4) is 0 Å². The van der Waals surface area contributed by atoms with E-state index in [1.165, 1.54) is 215 Å². The summed E-state index contributed by atoms with van der Waals surface area (Å²) in [4.78, 5) is 0. The average Bonchev–Trinajstić information content (AvgIpc) is 3.21. The average molecular weight is 1070 g/mol. The number of rotatable bonds is 39. The molecule has 0 fully saturated rings. The van der Waals surface area contributed by atoms with Crippen LogP contribution in [-0.4, -0.2) is 26.2 Å². The summed E-state index contributed by atoms with van der Waals surface area (Å²) in [5.41, 5.74) is 8.78. The predicted molar refractivity (Wildman–Crippen MR) is 273 cm³/mol. The third kappa shape index (κ3) is 52.6. The Hall–Kier alpha value is -1.76. The van der Waals surface area contributed by atoms with Gasteiger partial charge in [-0.2, -0.15) is 9.13 Å². The van der Waals surface area contributed by atoms with Gasteiger partial charge in [-0.25, -0.2) is 0 Å². The van der Waals surface area contributed by atoms with Crippen LogP contribution in [0.1, 0.15) is 228 Å². The van der Waals surface area contributed by atoms with E-state index in [1.54, 1.807) is 11.4 Å². The summed E-state index contributed by atoms with van der Waals surface area (Å²) in [5.74, 6) is 0. The minimum atomic E-state index is -10.7. The van der Waals surface area contributed by atoms with E-state index in [0.29, 0.717) is 0 Å². The molecule has 4 nitrogen and oxygen atoms in total.